The molecule has 0 radical (unpaired) electrons. The van der Waals surface area contributed by atoms with Gasteiger partial charge in [0.15, 0.2) is 0 Å². The topological polar surface area (TPSA) is 71.3 Å². The van der Waals surface area contributed by atoms with E-state index >= 15 is 0 Å². The van der Waals surface area contributed by atoms with Gasteiger partial charge in [-0.3, -0.25) is 0 Å². The molecule has 2 aliphatic heterocycles. The molecule has 180 valence electrons. The molecule has 1 N–H and O–H groups in total. The minimum atomic E-state index is 0.674. The van der Waals surface area contributed by atoms with E-state index in [1.807, 2.05) is 30.3 Å². The van der Waals surface area contributed by atoms with Gasteiger partial charge in [0.25, 0.3) is 0 Å². The second kappa shape index (κ2) is 9.36. The number of imidazole rings is 1. The molecule has 0 aliphatic carbocycles. The third-order valence-corrected chi connectivity index (χ3v) is 6.92. The lowest BCUT2D eigenvalue weighted by atomic mass is 10.1. The molecule has 0 amide bonds. The quantitative estimate of drug-likeness (QED) is 0.429. The number of hydrogen-bond donors (Lipinski definition) is 1. The van der Waals surface area contributed by atoms with E-state index in [-0.39, 0.29) is 0 Å². The number of benzene rings is 2. The van der Waals surface area contributed by atoms with Crippen molar-refractivity contribution in [3.63, 3.8) is 0 Å². The second-order valence-electron chi connectivity index (χ2n) is 9.04. The standard InChI is InChI=1S/C26H28ClN7O/c1-32-23-16-18(4-9-21(23)30-26(32)34-10-2-3-11-34)22-17-24(28-20-7-5-19(27)6-8-20)31-25(29-22)33-12-14-35-15-13-33/h4-9,16-17H,2-3,10-15H2,1H3,(H,28,29,31). The molecule has 2 fully saturated rings. The Morgan fingerprint density at radius 2 is 1.63 bits per heavy atom. The van der Waals surface area contributed by atoms with Gasteiger partial charge in [0, 0.05) is 55.6 Å². The molecule has 2 saturated heterocycles. The third-order valence-electron chi connectivity index (χ3n) is 6.67. The fourth-order valence-corrected chi connectivity index (χ4v) is 4.89. The molecule has 9 heteroatoms. The van der Waals surface area contributed by atoms with Crippen LogP contribution >= 0.6 is 11.6 Å². The van der Waals surface area contributed by atoms with E-state index in [0.29, 0.717) is 24.2 Å². The average Bonchev–Trinajstić information content (AvgIpc) is 3.54. The Bertz CT molecular complexity index is 1340. The van der Waals surface area contributed by atoms with Crippen LogP contribution in [0.5, 0.6) is 0 Å². The molecule has 2 aromatic heterocycles. The van der Waals surface area contributed by atoms with Gasteiger partial charge in [0.1, 0.15) is 5.82 Å². The Balaban J connectivity index is 1.40. The maximum absolute atomic E-state index is 6.07. The van der Waals surface area contributed by atoms with Crippen molar-refractivity contribution < 1.29 is 4.74 Å². The lowest BCUT2D eigenvalue weighted by Gasteiger charge is -2.27. The molecule has 2 aliphatic rings. The van der Waals surface area contributed by atoms with Gasteiger partial charge in [-0.25, -0.2) is 9.97 Å². The molecule has 0 unspecified atom stereocenters. The number of aryl methyl sites for hydroxylation is 1. The van der Waals surface area contributed by atoms with Crippen molar-refractivity contribution in [2.75, 3.05) is 54.5 Å². The molecule has 0 atom stereocenters. The summed E-state index contributed by atoms with van der Waals surface area (Å²) in [6.45, 7) is 5.02. The summed E-state index contributed by atoms with van der Waals surface area (Å²) in [6.07, 6.45) is 2.45. The number of nitrogens with zero attached hydrogens (tertiary/aromatic N) is 6. The van der Waals surface area contributed by atoms with Gasteiger partial charge in [-0.2, -0.15) is 4.98 Å². The lowest BCUT2D eigenvalue weighted by molar-refractivity contribution is 0.122. The largest absolute Gasteiger partial charge is 0.378 e. The van der Waals surface area contributed by atoms with E-state index in [9.17, 15) is 0 Å². The van der Waals surface area contributed by atoms with E-state index in [1.165, 1.54) is 12.8 Å². The zero-order valence-electron chi connectivity index (χ0n) is 19.7. The van der Waals surface area contributed by atoms with Crippen molar-refractivity contribution >= 4 is 46.0 Å². The van der Waals surface area contributed by atoms with Crippen molar-refractivity contribution in [3.8, 4) is 11.3 Å². The van der Waals surface area contributed by atoms with E-state index in [1.54, 1.807) is 0 Å². The van der Waals surface area contributed by atoms with Crippen LogP contribution in [0.4, 0.5) is 23.4 Å². The third kappa shape index (κ3) is 4.51. The Kier molecular flexibility index (Phi) is 5.91. The molecular weight excluding hydrogens is 462 g/mol. The summed E-state index contributed by atoms with van der Waals surface area (Å²) in [5.41, 5.74) is 4.92. The summed E-state index contributed by atoms with van der Waals surface area (Å²) in [4.78, 5) is 19.2. The summed E-state index contributed by atoms with van der Waals surface area (Å²) in [5.74, 6) is 2.48. The second-order valence-corrected chi connectivity index (χ2v) is 9.47. The van der Waals surface area contributed by atoms with Crippen LogP contribution in [0.25, 0.3) is 22.3 Å². The van der Waals surface area contributed by atoms with E-state index in [2.05, 4.69) is 44.9 Å². The smallest absolute Gasteiger partial charge is 0.228 e. The maximum Gasteiger partial charge on any atom is 0.228 e. The minimum Gasteiger partial charge on any atom is -0.378 e. The predicted molar refractivity (Wildman–Crippen MR) is 141 cm³/mol. The van der Waals surface area contributed by atoms with Gasteiger partial charge in [-0.15, -0.1) is 0 Å². The zero-order chi connectivity index (χ0) is 23.8. The van der Waals surface area contributed by atoms with Crippen LogP contribution < -0.4 is 15.1 Å². The molecule has 2 aromatic carbocycles. The number of halogens is 1. The highest BCUT2D eigenvalue weighted by Crippen LogP contribution is 2.30. The molecule has 6 rings (SSSR count). The average molecular weight is 490 g/mol. The molecular formula is C26H28ClN7O. The van der Waals surface area contributed by atoms with E-state index in [0.717, 1.165) is 65.9 Å². The summed E-state index contributed by atoms with van der Waals surface area (Å²) in [7, 11) is 2.10. The maximum atomic E-state index is 6.07. The van der Waals surface area contributed by atoms with Crippen LogP contribution in [-0.2, 0) is 11.8 Å². The molecule has 0 bridgehead atoms. The van der Waals surface area contributed by atoms with Crippen LogP contribution in [0.1, 0.15) is 12.8 Å². The lowest BCUT2D eigenvalue weighted by Crippen LogP contribution is -2.37. The van der Waals surface area contributed by atoms with Crippen molar-refractivity contribution in [1.29, 1.82) is 0 Å². The van der Waals surface area contributed by atoms with Gasteiger partial charge in [-0.05, 0) is 49.2 Å². The van der Waals surface area contributed by atoms with Crippen molar-refractivity contribution in [1.82, 2.24) is 19.5 Å². The Hall–Kier alpha value is -3.36. The highest BCUT2D eigenvalue weighted by molar-refractivity contribution is 6.30. The first-order valence-corrected chi connectivity index (χ1v) is 12.5. The number of morpholine rings is 1. The number of ether oxygens (including phenoxy) is 1. The zero-order valence-corrected chi connectivity index (χ0v) is 20.5. The number of hydrogen-bond acceptors (Lipinski definition) is 7. The molecule has 0 saturated carbocycles. The molecule has 35 heavy (non-hydrogen) atoms. The van der Waals surface area contributed by atoms with Crippen LogP contribution in [0.15, 0.2) is 48.5 Å². The minimum absolute atomic E-state index is 0.674. The monoisotopic (exact) mass is 489 g/mol. The van der Waals surface area contributed by atoms with Gasteiger partial charge >= 0.3 is 0 Å². The SMILES string of the molecule is Cn1c(N2CCCC2)nc2ccc(-c3cc(Nc4ccc(Cl)cc4)nc(N4CCOCC4)n3)cc21. The highest BCUT2D eigenvalue weighted by Gasteiger charge is 2.20. The Morgan fingerprint density at radius 1 is 0.857 bits per heavy atom. The fraction of sp³-hybridized carbons (Fsp3) is 0.346. The van der Waals surface area contributed by atoms with Crippen LogP contribution in [-0.4, -0.2) is 58.9 Å². The number of nitrogens with one attached hydrogen (secondary N) is 1. The molecule has 4 aromatic rings. The number of aromatic nitrogens is 4. The van der Waals surface area contributed by atoms with Crippen LogP contribution in [0, 0.1) is 0 Å². The first kappa shape index (κ1) is 22.1. The van der Waals surface area contributed by atoms with Crippen molar-refractivity contribution in [2.45, 2.75) is 12.8 Å². The summed E-state index contributed by atoms with van der Waals surface area (Å²) < 4.78 is 7.74. The normalized spacial score (nSPS) is 16.3. The van der Waals surface area contributed by atoms with Crippen molar-refractivity contribution in [2.24, 2.45) is 7.05 Å². The molecule has 0 spiro atoms. The predicted octanol–water partition coefficient (Wildman–Crippen LogP) is 4.86. The molecule has 8 nitrogen and oxygen atoms in total. The molecule has 4 heterocycles. The van der Waals surface area contributed by atoms with Gasteiger partial charge in [0.05, 0.1) is 29.9 Å². The van der Waals surface area contributed by atoms with E-state index in [4.69, 9.17) is 31.3 Å². The fourth-order valence-electron chi connectivity index (χ4n) is 4.77. The summed E-state index contributed by atoms with van der Waals surface area (Å²) in [5, 5.41) is 4.12. The summed E-state index contributed by atoms with van der Waals surface area (Å²) >= 11 is 6.07. The number of rotatable bonds is 5. The van der Waals surface area contributed by atoms with Gasteiger partial charge in [0.2, 0.25) is 11.9 Å². The first-order valence-electron chi connectivity index (χ1n) is 12.1. The van der Waals surface area contributed by atoms with Gasteiger partial charge < -0.3 is 24.4 Å². The highest BCUT2D eigenvalue weighted by atomic mass is 35.5. The summed E-state index contributed by atoms with van der Waals surface area (Å²) in [6, 6.07) is 16.0. The van der Waals surface area contributed by atoms with Crippen LogP contribution in [0.3, 0.4) is 0 Å². The first-order chi connectivity index (χ1) is 17.1. The Morgan fingerprint density at radius 3 is 2.40 bits per heavy atom. The Labute approximate surface area is 209 Å². The van der Waals surface area contributed by atoms with Gasteiger partial charge in [-0.1, -0.05) is 17.7 Å². The van der Waals surface area contributed by atoms with E-state index < -0.39 is 0 Å². The number of anilines is 4. The van der Waals surface area contributed by atoms with Crippen molar-refractivity contribution in [3.05, 3.63) is 53.6 Å². The van der Waals surface area contributed by atoms with Crippen LogP contribution in [0.2, 0.25) is 5.02 Å². The number of fused-ring (bicyclic) bond motifs is 1.